The van der Waals surface area contributed by atoms with Gasteiger partial charge in [-0.3, -0.25) is 4.79 Å². The second-order valence-electron chi connectivity index (χ2n) is 5.86. The lowest BCUT2D eigenvalue weighted by atomic mass is 9.80. The van der Waals surface area contributed by atoms with Crippen LogP contribution in [0.1, 0.15) is 37.3 Å². The lowest BCUT2D eigenvalue weighted by Crippen LogP contribution is -2.30. The first-order valence-electron chi connectivity index (χ1n) is 7.84. The molecule has 0 aromatic heterocycles. The average molecular weight is 297 g/mol. The Labute approximate surface area is 130 Å². The van der Waals surface area contributed by atoms with Gasteiger partial charge in [0, 0.05) is 18.0 Å². The van der Waals surface area contributed by atoms with Crippen LogP contribution in [0.15, 0.2) is 54.6 Å². The maximum atomic E-state index is 13.2. The Balaban J connectivity index is 1.90. The summed E-state index contributed by atoms with van der Waals surface area (Å²) in [5.41, 5.74) is 1.95. The Morgan fingerprint density at radius 1 is 1.00 bits per heavy atom. The molecule has 2 atom stereocenters. The zero-order valence-electron chi connectivity index (χ0n) is 12.5. The van der Waals surface area contributed by atoms with E-state index in [0.29, 0.717) is 12.2 Å². The number of ketones is 1. The summed E-state index contributed by atoms with van der Waals surface area (Å²) in [4.78, 5) is 12.4. The second-order valence-corrected chi connectivity index (χ2v) is 5.86. The molecular formula is C19H20FNO. The van der Waals surface area contributed by atoms with E-state index in [1.807, 2.05) is 30.3 Å². The van der Waals surface area contributed by atoms with Gasteiger partial charge in [-0.05, 0) is 42.7 Å². The number of nitrogens with one attached hydrogen (secondary N) is 1. The molecule has 0 saturated heterocycles. The molecule has 2 aromatic carbocycles. The molecular weight excluding hydrogens is 277 g/mol. The summed E-state index contributed by atoms with van der Waals surface area (Å²) in [5, 5.41) is 3.47. The van der Waals surface area contributed by atoms with Crippen LogP contribution >= 0.6 is 0 Å². The zero-order chi connectivity index (χ0) is 15.4. The van der Waals surface area contributed by atoms with Crippen molar-refractivity contribution in [3.63, 3.8) is 0 Å². The van der Waals surface area contributed by atoms with Crippen molar-refractivity contribution in [3.8, 4) is 0 Å². The van der Waals surface area contributed by atoms with Gasteiger partial charge in [0.15, 0.2) is 0 Å². The predicted octanol–water partition coefficient (Wildman–Crippen LogP) is 4.74. The lowest BCUT2D eigenvalue weighted by Gasteiger charge is -2.31. The topological polar surface area (TPSA) is 29.1 Å². The van der Waals surface area contributed by atoms with Crippen molar-refractivity contribution in [2.24, 2.45) is 5.92 Å². The first kappa shape index (κ1) is 14.8. The fourth-order valence-electron chi connectivity index (χ4n) is 3.16. The number of halogens is 1. The first-order valence-corrected chi connectivity index (χ1v) is 7.84. The number of carbonyl (C=O) groups is 1. The van der Waals surface area contributed by atoms with E-state index in [1.54, 1.807) is 12.1 Å². The van der Waals surface area contributed by atoms with Crippen LogP contribution in [-0.2, 0) is 4.79 Å². The maximum Gasteiger partial charge on any atom is 0.138 e. The van der Waals surface area contributed by atoms with Crippen LogP contribution in [-0.4, -0.2) is 5.78 Å². The number of carbonyl (C=O) groups excluding carboxylic acids is 1. The molecule has 0 unspecified atom stereocenters. The van der Waals surface area contributed by atoms with Gasteiger partial charge in [0.05, 0.1) is 6.04 Å². The number of anilines is 1. The van der Waals surface area contributed by atoms with Crippen molar-refractivity contribution in [2.75, 3.05) is 5.32 Å². The maximum absolute atomic E-state index is 13.2. The van der Waals surface area contributed by atoms with E-state index in [1.165, 1.54) is 12.1 Å². The van der Waals surface area contributed by atoms with E-state index in [0.717, 1.165) is 30.5 Å². The van der Waals surface area contributed by atoms with E-state index in [2.05, 4.69) is 5.32 Å². The molecule has 3 rings (SSSR count). The predicted molar refractivity (Wildman–Crippen MR) is 86.2 cm³/mol. The van der Waals surface area contributed by atoms with Gasteiger partial charge in [-0.25, -0.2) is 4.39 Å². The molecule has 0 amide bonds. The standard InChI is InChI=1S/C19H20FNO/c20-15-12-10-14(11-13-15)19(17-8-4-5-9-18(17)22)21-16-6-2-1-3-7-16/h1-3,6-7,10-13,17,19,21H,4-5,8-9H2/t17-,19-/m0/s1. The summed E-state index contributed by atoms with van der Waals surface area (Å²) in [7, 11) is 0. The van der Waals surface area contributed by atoms with E-state index >= 15 is 0 Å². The smallest absolute Gasteiger partial charge is 0.138 e. The molecule has 0 bridgehead atoms. The molecule has 1 N–H and O–H groups in total. The summed E-state index contributed by atoms with van der Waals surface area (Å²) in [6.45, 7) is 0. The molecule has 3 heteroatoms. The highest BCUT2D eigenvalue weighted by Gasteiger charge is 2.31. The summed E-state index contributed by atoms with van der Waals surface area (Å²) in [5.74, 6) is 0.0144. The van der Waals surface area contributed by atoms with Crippen molar-refractivity contribution in [2.45, 2.75) is 31.7 Å². The van der Waals surface area contributed by atoms with Gasteiger partial charge < -0.3 is 5.32 Å². The number of hydrogen-bond donors (Lipinski definition) is 1. The third kappa shape index (κ3) is 3.35. The Morgan fingerprint density at radius 3 is 2.41 bits per heavy atom. The lowest BCUT2D eigenvalue weighted by molar-refractivity contribution is -0.125. The fourth-order valence-corrected chi connectivity index (χ4v) is 3.16. The van der Waals surface area contributed by atoms with Gasteiger partial charge in [-0.1, -0.05) is 36.8 Å². The van der Waals surface area contributed by atoms with Crippen LogP contribution in [0.25, 0.3) is 0 Å². The van der Waals surface area contributed by atoms with E-state index in [9.17, 15) is 9.18 Å². The van der Waals surface area contributed by atoms with Crippen LogP contribution in [0.5, 0.6) is 0 Å². The molecule has 0 radical (unpaired) electrons. The summed E-state index contributed by atoms with van der Waals surface area (Å²) < 4.78 is 13.2. The van der Waals surface area contributed by atoms with Crippen LogP contribution < -0.4 is 5.32 Å². The van der Waals surface area contributed by atoms with Crippen molar-refractivity contribution >= 4 is 11.5 Å². The Kier molecular flexibility index (Phi) is 4.52. The van der Waals surface area contributed by atoms with Crippen molar-refractivity contribution in [3.05, 3.63) is 66.0 Å². The highest BCUT2D eigenvalue weighted by molar-refractivity contribution is 5.83. The highest BCUT2D eigenvalue weighted by Crippen LogP contribution is 2.34. The van der Waals surface area contributed by atoms with E-state index < -0.39 is 0 Å². The highest BCUT2D eigenvalue weighted by atomic mass is 19.1. The minimum atomic E-state index is -0.253. The molecule has 0 aliphatic heterocycles. The Bertz CT molecular complexity index is 624. The molecule has 1 aliphatic rings. The van der Waals surface area contributed by atoms with Crippen molar-refractivity contribution < 1.29 is 9.18 Å². The SMILES string of the molecule is O=C1CCCC[C@@H]1[C@@H](Nc1ccccc1)c1ccc(F)cc1. The van der Waals surface area contributed by atoms with Crippen LogP contribution in [0.2, 0.25) is 0 Å². The van der Waals surface area contributed by atoms with Crippen LogP contribution in [0, 0.1) is 11.7 Å². The monoisotopic (exact) mass is 297 g/mol. The second kappa shape index (κ2) is 6.73. The number of rotatable bonds is 4. The molecule has 1 saturated carbocycles. The quantitative estimate of drug-likeness (QED) is 0.883. The average Bonchev–Trinajstić information content (AvgIpc) is 2.55. The first-order chi connectivity index (χ1) is 10.7. The molecule has 0 spiro atoms. The normalized spacial score (nSPS) is 19.7. The van der Waals surface area contributed by atoms with Gasteiger partial charge in [0.1, 0.15) is 11.6 Å². The minimum Gasteiger partial charge on any atom is -0.378 e. The van der Waals surface area contributed by atoms with Gasteiger partial charge >= 0.3 is 0 Å². The van der Waals surface area contributed by atoms with Gasteiger partial charge in [0.2, 0.25) is 0 Å². The van der Waals surface area contributed by atoms with Gasteiger partial charge in [-0.15, -0.1) is 0 Å². The van der Waals surface area contributed by atoms with E-state index in [4.69, 9.17) is 0 Å². The van der Waals surface area contributed by atoms with E-state index in [-0.39, 0.29) is 17.8 Å². The molecule has 22 heavy (non-hydrogen) atoms. The van der Waals surface area contributed by atoms with Crippen molar-refractivity contribution in [1.82, 2.24) is 0 Å². The van der Waals surface area contributed by atoms with Crippen LogP contribution in [0.3, 0.4) is 0 Å². The Hall–Kier alpha value is -2.16. The molecule has 2 nitrogen and oxygen atoms in total. The summed E-state index contributed by atoms with van der Waals surface area (Å²) in [6.07, 6.45) is 3.60. The summed E-state index contributed by atoms with van der Waals surface area (Å²) >= 11 is 0. The fraction of sp³-hybridized carbons (Fsp3) is 0.316. The van der Waals surface area contributed by atoms with Crippen molar-refractivity contribution in [1.29, 1.82) is 0 Å². The van der Waals surface area contributed by atoms with Gasteiger partial charge in [-0.2, -0.15) is 0 Å². The number of benzene rings is 2. The van der Waals surface area contributed by atoms with Gasteiger partial charge in [0.25, 0.3) is 0 Å². The molecule has 0 heterocycles. The molecule has 2 aromatic rings. The third-order valence-electron chi connectivity index (χ3n) is 4.33. The number of hydrogen-bond acceptors (Lipinski definition) is 2. The zero-order valence-corrected chi connectivity index (χ0v) is 12.5. The largest absolute Gasteiger partial charge is 0.378 e. The number of para-hydroxylation sites is 1. The number of Topliss-reactive ketones (excluding diaryl/α,β-unsaturated/α-hetero) is 1. The molecule has 1 aliphatic carbocycles. The third-order valence-corrected chi connectivity index (χ3v) is 4.33. The molecule has 114 valence electrons. The Morgan fingerprint density at radius 2 is 1.73 bits per heavy atom. The summed E-state index contributed by atoms with van der Waals surface area (Å²) in [6, 6.07) is 16.2. The minimum absolute atomic E-state index is 0.0422. The van der Waals surface area contributed by atoms with Crippen LogP contribution in [0.4, 0.5) is 10.1 Å². The molecule has 1 fully saturated rings.